The Labute approximate surface area is 58.7 Å². The minimum Gasteiger partial charge on any atom is -0.388 e. The second-order valence-corrected chi connectivity index (χ2v) is 1.96. The van der Waals surface area contributed by atoms with Crippen LogP contribution in [0, 0.1) is 0 Å². The Hall–Kier alpha value is -0.970. The summed E-state index contributed by atoms with van der Waals surface area (Å²) in [4.78, 5) is 1.48. The van der Waals surface area contributed by atoms with Gasteiger partial charge in [-0.1, -0.05) is 6.92 Å². The van der Waals surface area contributed by atoms with Crippen LogP contribution in [0.2, 0.25) is 0 Å². The maximum atomic E-state index is 8.54. The minimum atomic E-state index is -0.135. The summed E-state index contributed by atoms with van der Waals surface area (Å²) >= 11 is 0. The predicted molar refractivity (Wildman–Crippen MR) is 34.0 cm³/mol. The molecule has 0 unspecified atom stereocenters. The lowest BCUT2D eigenvalue weighted by molar-refractivity contribution is 0.270. The summed E-state index contributed by atoms with van der Waals surface area (Å²) in [5.74, 6) is 0.383. The molecule has 0 bridgehead atoms. The van der Waals surface area contributed by atoms with Crippen molar-refractivity contribution < 1.29 is 5.11 Å². The van der Waals surface area contributed by atoms with E-state index in [9.17, 15) is 0 Å². The molecule has 1 aromatic heterocycles. The highest BCUT2D eigenvalue weighted by atomic mass is 16.3. The van der Waals surface area contributed by atoms with Gasteiger partial charge in [0, 0.05) is 0 Å². The summed E-state index contributed by atoms with van der Waals surface area (Å²) in [6, 6.07) is 0. The summed E-state index contributed by atoms with van der Waals surface area (Å²) in [5.41, 5.74) is 0. The molecule has 0 aliphatic rings. The molecular formula is C5H10N4O. The van der Waals surface area contributed by atoms with Crippen LogP contribution in [0.15, 0.2) is 0 Å². The van der Waals surface area contributed by atoms with E-state index in [2.05, 4.69) is 15.4 Å². The molecule has 1 rings (SSSR count). The van der Waals surface area contributed by atoms with Gasteiger partial charge in [0.1, 0.15) is 6.61 Å². The van der Waals surface area contributed by atoms with Crippen LogP contribution >= 0.6 is 0 Å². The monoisotopic (exact) mass is 142 g/mol. The average Bonchev–Trinajstić information content (AvgIpc) is 2.37. The van der Waals surface area contributed by atoms with Crippen molar-refractivity contribution in [1.29, 1.82) is 0 Å². The fourth-order valence-corrected chi connectivity index (χ4v) is 0.634. The smallest absolute Gasteiger partial charge is 0.200 e. The summed E-state index contributed by atoms with van der Waals surface area (Å²) in [6.07, 6.45) is 0.973. The Kier molecular flexibility index (Phi) is 2.33. The first-order valence-corrected chi connectivity index (χ1v) is 3.24. The highest BCUT2D eigenvalue weighted by molar-refractivity contribution is 4.70. The van der Waals surface area contributed by atoms with E-state index < -0.39 is 0 Å². The van der Waals surface area contributed by atoms with Crippen LogP contribution in [0.5, 0.6) is 0 Å². The third kappa shape index (κ3) is 1.51. The average molecular weight is 142 g/mol. The first-order valence-electron chi connectivity index (χ1n) is 3.24. The van der Waals surface area contributed by atoms with E-state index in [0.29, 0.717) is 5.82 Å². The van der Waals surface area contributed by atoms with Gasteiger partial charge >= 0.3 is 0 Å². The Morgan fingerprint density at radius 1 is 1.60 bits per heavy atom. The molecule has 0 spiro atoms. The maximum absolute atomic E-state index is 8.54. The number of aliphatic hydroxyl groups is 1. The number of tetrazole rings is 1. The summed E-state index contributed by atoms with van der Waals surface area (Å²) < 4.78 is 0. The zero-order valence-corrected chi connectivity index (χ0v) is 5.86. The largest absolute Gasteiger partial charge is 0.388 e. The van der Waals surface area contributed by atoms with Crippen molar-refractivity contribution in [1.82, 2.24) is 20.2 Å². The Morgan fingerprint density at radius 3 is 2.90 bits per heavy atom. The van der Waals surface area contributed by atoms with Crippen molar-refractivity contribution in [3.05, 3.63) is 5.82 Å². The van der Waals surface area contributed by atoms with Crippen LogP contribution < -0.4 is 0 Å². The van der Waals surface area contributed by atoms with Crippen LogP contribution in [-0.4, -0.2) is 25.3 Å². The van der Waals surface area contributed by atoms with Crippen molar-refractivity contribution in [3.8, 4) is 0 Å². The third-order valence-corrected chi connectivity index (χ3v) is 1.06. The number of hydrogen-bond acceptors (Lipinski definition) is 4. The molecular weight excluding hydrogens is 132 g/mol. The molecule has 5 nitrogen and oxygen atoms in total. The highest BCUT2D eigenvalue weighted by Crippen LogP contribution is 1.86. The molecule has 0 atom stereocenters. The molecule has 5 heteroatoms. The van der Waals surface area contributed by atoms with Crippen molar-refractivity contribution in [2.24, 2.45) is 0 Å². The zero-order valence-electron chi connectivity index (χ0n) is 5.86. The van der Waals surface area contributed by atoms with Crippen LogP contribution in [0.4, 0.5) is 0 Å². The number of aliphatic hydroxyl groups excluding tert-OH is 1. The lowest BCUT2D eigenvalue weighted by Crippen LogP contribution is -2.01. The van der Waals surface area contributed by atoms with Gasteiger partial charge in [-0.25, -0.2) is 0 Å². The molecule has 0 aromatic carbocycles. The quantitative estimate of drug-likeness (QED) is 0.622. The van der Waals surface area contributed by atoms with Gasteiger partial charge in [0.25, 0.3) is 0 Å². The SMILES string of the molecule is CCCn1nnc(CO)n1. The van der Waals surface area contributed by atoms with Crippen LogP contribution in [0.3, 0.4) is 0 Å². The van der Waals surface area contributed by atoms with Crippen molar-refractivity contribution in [3.63, 3.8) is 0 Å². The predicted octanol–water partition coefficient (Wildman–Crippen LogP) is -0.425. The van der Waals surface area contributed by atoms with Gasteiger partial charge in [0.15, 0.2) is 5.82 Å². The Balaban J connectivity index is 2.59. The van der Waals surface area contributed by atoms with Gasteiger partial charge in [-0.3, -0.25) is 0 Å². The normalized spacial score (nSPS) is 10.2. The Bertz CT molecular complexity index is 197. The molecule has 0 aliphatic carbocycles. The van der Waals surface area contributed by atoms with Crippen molar-refractivity contribution >= 4 is 0 Å². The van der Waals surface area contributed by atoms with E-state index in [4.69, 9.17) is 5.11 Å². The topological polar surface area (TPSA) is 63.8 Å². The number of nitrogens with zero attached hydrogens (tertiary/aromatic N) is 4. The van der Waals surface area contributed by atoms with E-state index in [-0.39, 0.29) is 6.61 Å². The van der Waals surface area contributed by atoms with Gasteiger partial charge in [0.05, 0.1) is 6.54 Å². The highest BCUT2D eigenvalue weighted by Gasteiger charge is 1.97. The molecule has 1 aromatic rings. The Morgan fingerprint density at radius 2 is 2.40 bits per heavy atom. The van der Waals surface area contributed by atoms with Crippen molar-refractivity contribution in [2.45, 2.75) is 26.5 Å². The fourth-order valence-electron chi connectivity index (χ4n) is 0.634. The van der Waals surface area contributed by atoms with Gasteiger partial charge in [-0.15, -0.1) is 10.2 Å². The van der Waals surface area contributed by atoms with E-state index >= 15 is 0 Å². The lowest BCUT2D eigenvalue weighted by Gasteiger charge is -1.89. The van der Waals surface area contributed by atoms with Gasteiger partial charge in [0.2, 0.25) is 0 Å². The zero-order chi connectivity index (χ0) is 7.40. The second kappa shape index (κ2) is 3.26. The molecule has 1 heterocycles. The molecule has 0 radical (unpaired) electrons. The van der Waals surface area contributed by atoms with Crippen LogP contribution in [0.25, 0.3) is 0 Å². The van der Waals surface area contributed by atoms with Gasteiger partial charge < -0.3 is 5.11 Å². The number of hydrogen-bond donors (Lipinski definition) is 1. The van der Waals surface area contributed by atoms with Crippen molar-refractivity contribution in [2.75, 3.05) is 0 Å². The maximum Gasteiger partial charge on any atom is 0.200 e. The molecule has 0 saturated heterocycles. The molecule has 10 heavy (non-hydrogen) atoms. The van der Waals surface area contributed by atoms with E-state index in [1.807, 2.05) is 6.92 Å². The summed E-state index contributed by atoms with van der Waals surface area (Å²) in [6.45, 7) is 2.65. The molecule has 0 saturated carbocycles. The number of aromatic nitrogens is 4. The second-order valence-electron chi connectivity index (χ2n) is 1.96. The summed E-state index contributed by atoms with van der Waals surface area (Å²) in [5, 5.41) is 19.7. The molecule has 0 amide bonds. The van der Waals surface area contributed by atoms with E-state index in [1.165, 1.54) is 4.80 Å². The number of aryl methyl sites for hydroxylation is 1. The molecule has 56 valence electrons. The third-order valence-electron chi connectivity index (χ3n) is 1.06. The van der Waals surface area contributed by atoms with E-state index in [0.717, 1.165) is 13.0 Å². The standard InChI is InChI=1S/C5H10N4O/c1-2-3-9-7-5(4-10)6-8-9/h10H,2-4H2,1H3. The van der Waals surface area contributed by atoms with Gasteiger partial charge in [-0.2, -0.15) is 4.80 Å². The fraction of sp³-hybridized carbons (Fsp3) is 0.800. The van der Waals surface area contributed by atoms with Crippen LogP contribution in [-0.2, 0) is 13.2 Å². The summed E-state index contributed by atoms with van der Waals surface area (Å²) in [7, 11) is 0. The lowest BCUT2D eigenvalue weighted by atomic mass is 10.5. The molecule has 0 fully saturated rings. The van der Waals surface area contributed by atoms with E-state index in [1.54, 1.807) is 0 Å². The molecule has 0 aliphatic heterocycles. The first-order chi connectivity index (χ1) is 4.86. The minimum absolute atomic E-state index is 0.135. The molecule has 1 N–H and O–H groups in total. The van der Waals surface area contributed by atoms with Crippen LogP contribution in [0.1, 0.15) is 19.2 Å². The first kappa shape index (κ1) is 7.14. The number of rotatable bonds is 3. The van der Waals surface area contributed by atoms with Gasteiger partial charge in [-0.05, 0) is 11.6 Å².